The van der Waals surface area contributed by atoms with Crippen LogP contribution in [-0.2, 0) is 9.53 Å². The molecule has 0 saturated carbocycles. The topological polar surface area (TPSA) is 112 Å². The summed E-state index contributed by atoms with van der Waals surface area (Å²) in [6.45, 7) is 2.47. The lowest BCUT2D eigenvalue weighted by molar-refractivity contribution is -0.139. The van der Waals surface area contributed by atoms with E-state index in [-0.39, 0.29) is 12.1 Å². The molecule has 22 heavy (non-hydrogen) atoms. The first-order chi connectivity index (χ1) is 10.5. The normalized spacial score (nSPS) is 16.5. The van der Waals surface area contributed by atoms with Gasteiger partial charge in [0, 0.05) is 13.2 Å². The SMILES string of the molecule is Cc1nc(C(=O)NC2(CC(=O)O)CCOCC2)ccc1C#N. The van der Waals surface area contributed by atoms with Crippen molar-refractivity contribution in [3.8, 4) is 6.07 Å². The van der Waals surface area contributed by atoms with Crippen molar-refractivity contribution >= 4 is 11.9 Å². The number of aliphatic carboxylic acids is 1. The predicted molar refractivity (Wildman–Crippen MR) is 76.2 cm³/mol. The molecular formula is C15H17N3O4. The van der Waals surface area contributed by atoms with Gasteiger partial charge in [0.25, 0.3) is 5.91 Å². The minimum absolute atomic E-state index is 0.155. The van der Waals surface area contributed by atoms with Crippen molar-refractivity contribution < 1.29 is 19.4 Å². The molecule has 116 valence electrons. The Morgan fingerprint density at radius 2 is 2.14 bits per heavy atom. The Labute approximate surface area is 127 Å². The van der Waals surface area contributed by atoms with Crippen LogP contribution >= 0.6 is 0 Å². The molecule has 7 nitrogen and oxygen atoms in total. The van der Waals surface area contributed by atoms with Crippen molar-refractivity contribution in [1.82, 2.24) is 10.3 Å². The summed E-state index contributed by atoms with van der Waals surface area (Å²) in [4.78, 5) is 27.6. The van der Waals surface area contributed by atoms with Crippen molar-refractivity contribution in [1.29, 1.82) is 5.26 Å². The maximum atomic E-state index is 12.4. The van der Waals surface area contributed by atoms with Crippen LogP contribution in [0.5, 0.6) is 0 Å². The third-order valence-corrected chi connectivity index (χ3v) is 3.76. The molecule has 0 atom stereocenters. The van der Waals surface area contributed by atoms with Crippen molar-refractivity contribution in [2.45, 2.75) is 31.7 Å². The number of aromatic nitrogens is 1. The maximum absolute atomic E-state index is 12.4. The number of hydrogen-bond donors (Lipinski definition) is 2. The highest BCUT2D eigenvalue weighted by molar-refractivity contribution is 5.93. The van der Waals surface area contributed by atoms with Gasteiger partial charge in [0.05, 0.1) is 23.2 Å². The molecule has 2 heterocycles. The molecule has 2 N–H and O–H groups in total. The van der Waals surface area contributed by atoms with Crippen LogP contribution in [0.4, 0.5) is 0 Å². The molecule has 1 amide bonds. The number of carboxylic acid groups (broad SMARTS) is 1. The smallest absolute Gasteiger partial charge is 0.305 e. The summed E-state index contributed by atoms with van der Waals surface area (Å²) >= 11 is 0. The average Bonchev–Trinajstić information content (AvgIpc) is 2.47. The lowest BCUT2D eigenvalue weighted by Crippen LogP contribution is -2.53. The first-order valence-electron chi connectivity index (χ1n) is 6.95. The number of aryl methyl sites for hydroxylation is 1. The Bertz CT molecular complexity index is 630. The molecule has 0 aromatic carbocycles. The van der Waals surface area contributed by atoms with Crippen LogP contribution in [0.3, 0.4) is 0 Å². The number of carbonyl (C=O) groups is 2. The zero-order valence-corrected chi connectivity index (χ0v) is 12.3. The van der Waals surface area contributed by atoms with E-state index >= 15 is 0 Å². The van der Waals surface area contributed by atoms with E-state index in [9.17, 15) is 9.59 Å². The number of nitrogens with zero attached hydrogens (tertiary/aromatic N) is 2. The van der Waals surface area contributed by atoms with Gasteiger partial charge in [0.2, 0.25) is 0 Å². The minimum atomic E-state index is -0.967. The van der Waals surface area contributed by atoms with Gasteiger partial charge in [-0.1, -0.05) is 0 Å². The van der Waals surface area contributed by atoms with Crippen molar-refractivity contribution in [3.05, 3.63) is 29.1 Å². The average molecular weight is 303 g/mol. The summed E-state index contributed by atoms with van der Waals surface area (Å²) in [6.07, 6.45) is 0.734. The second-order valence-electron chi connectivity index (χ2n) is 5.36. The maximum Gasteiger partial charge on any atom is 0.305 e. The Hall–Kier alpha value is -2.46. The molecule has 0 radical (unpaired) electrons. The standard InChI is InChI=1S/C15H17N3O4/c1-10-11(9-16)2-3-12(17-10)14(21)18-15(8-13(19)20)4-6-22-7-5-15/h2-3H,4-8H2,1H3,(H,18,21)(H,19,20). The van der Waals surface area contributed by atoms with E-state index in [1.807, 2.05) is 6.07 Å². The number of pyridine rings is 1. The molecule has 1 aromatic rings. The third-order valence-electron chi connectivity index (χ3n) is 3.76. The summed E-state index contributed by atoms with van der Waals surface area (Å²) in [5.41, 5.74) is 0.231. The first kappa shape index (κ1) is 15.9. The fraction of sp³-hybridized carbons (Fsp3) is 0.467. The van der Waals surface area contributed by atoms with Gasteiger partial charge >= 0.3 is 5.97 Å². The molecule has 0 bridgehead atoms. The van der Waals surface area contributed by atoms with E-state index in [2.05, 4.69) is 10.3 Å². The number of nitriles is 1. The van der Waals surface area contributed by atoms with Gasteiger partial charge in [-0.05, 0) is 31.9 Å². The molecule has 1 fully saturated rings. The number of nitrogens with one attached hydrogen (secondary N) is 1. The summed E-state index contributed by atoms with van der Waals surface area (Å²) in [5.74, 6) is -1.40. The molecule has 0 spiro atoms. The fourth-order valence-electron chi connectivity index (χ4n) is 2.51. The van der Waals surface area contributed by atoms with Gasteiger partial charge < -0.3 is 15.2 Å². The highest BCUT2D eigenvalue weighted by atomic mass is 16.5. The summed E-state index contributed by atoms with van der Waals surface area (Å²) in [5, 5.41) is 20.8. The Morgan fingerprint density at radius 1 is 1.45 bits per heavy atom. The lowest BCUT2D eigenvalue weighted by Gasteiger charge is -2.36. The van der Waals surface area contributed by atoms with Crippen LogP contribution in [0.25, 0.3) is 0 Å². The quantitative estimate of drug-likeness (QED) is 0.858. The van der Waals surface area contributed by atoms with E-state index in [0.29, 0.717) is 37.3 Å². The zero-order chi connectivity index (χ0) is 16.2. The molecule has 7 heteroatoms. The van der Waals surface area contributed by atoms with Crippen molar-refractivity contribution in [2.75, 3.05) is 13.2 Å². The monoisotopic (exact) mass is 303 g/mol. The summed E-state index contributed by atoms with van der Waals surface area (Å²) < 4.78 is 5.25. The van der Waals surface area contributed by atoms with Crippen LogP contribution in [0, 0.1) is 18.3 Å². The Balaban J connectivity index is 2.19. The minimum Gasteiger partial charge on any atom is -0.481 e. The number of ether oxygens (including phenoxy) is 1. The van der Waals surface area contributed by atoms with E-state index in [1.165, 1.54) is 12.1 Å². The van der Waals surface area contributed by atoms with Gasteiger partial charge in [-0.25, -0.2) is 4.98 Å². The summed E-state index contributed by atoms with van der Waals surface area (Å²) in [7, 11) is 0. The van der Waals surface area contributed by atoms with Crippen LogP contribution in [0.15, 0.2) is 12.1 Å². The number of carboxylic acids is 1. The highest BCUT2D eigenvalue weighted by Crippen LogP contribution is 2.25. The number of rotatable bonds is 4. The van der Waals surface area contributed by atoms with E-state index in [0.717, 1.165) is 0 Å². The van der Waals surface area contributed by atoms with Gasteiger partial charge in [-0.3, -0.25) is 9.59 Å². The number of amides is 1. The van der Waals surface area contributed by atoms with Crippen LogP contribution in [0.2, 0.25) is 0 Å². The first-order valence-corrected chi connectivity index (χ1v) is 6.95. The molecule has 0 aliphatic carbocycles. The lowest BCUT2D eigenvalue weighted by atomic mass is 9.86. The molecule has 1 aliphatic heterocycles. The zero-order valence-electron chi connectivity index (χ0n) is 12.3. The molecule has 1 saturated heterocycles. The summed E-state index contributed by atoms with van der Waals surface area (Å²) in [6, 6.07) is 4.99. The highest BCUT2D eigenvalue weighted by Gasteiger charge is 2.36. The second kappa shape index (κ2) is 6.54. The number of hydrogen-bond acceptors (Lipinski definition) is 5. The van der Waals surface area contributed by atoms with E-state index in [4.69, 9.17) is 15.1 Å². The Kier molecular flexibility index (Phi) is 4.73. The van der Waals surface area contributed by atoms with Gasteiger partial charge in [-0.2, -0.15) is 5.26 Å². The van der Waals surface area contributed by atoms with Crippen molar-refractivity contribution in [3.63, 3.8) is 0 Å². The molecule has 0 unspecified atom stereocenters. The van der Waals surface area contributed by atoms with E-state index in [1.54, 1.807) is 6.92 Å². The molecule has 1 aromatic heterocycles. The predicted octanol–water partition coefficient (Wildman–Crippen LogP) is 1.02. The fourth-order valence-corrected chi connectivity index (χ4v) is 2.51. The second-order valence-corrected chi connectivity index (χ2v) is 5.36. The van der Waals surface area contributed by atoms with Gasteiger partial charge in [-0.15, -0.1) is 0 Å². The molecular weight excluding hydrogens is 286 g/mol. The largest absolute Gasteiger partial charge is 0.481 e. The molecule has 2 rings (SSSR count). The van der Waals surface area contributed by atoms with E-state index < -0.39 is 17.4 Å². The van der Waals surface area contributed by atoms with Gasteiger partial charge in [0.15, 0.2) is 0 Å². The number of carbonyl (C=O) groups excluding carboxylic acids is 1. The van der Waals surface area contributed by atoms with Crippen LogP contribution in [-0.4, -0.2) is 40.7 Å². The van der Waals surface area contributed by atoms with Gasteiger partial charge in [0.1, 0.15) is 11.8 Å². The third kappa shape index (κ3) is 3.59. The van der Waals surface area contributed by atoms with Crippen LogP contribution < -0.4 is 5.32 Å². The molecule has 1 aliphatic rings. The Morgan fingerprint density at radius 3 is 2.68 bits per heavy atom. The van der Waals surface area contributed by atoms with Crippen LogP contribution in [0.1, 0.15) is 41.0 Å². The van der Waals surface area contributed by atoms with Crippen molar-refractivity contribution in [2.24, 2.45) is 0 Å².